The first-order valence-corrected chi connectivity index (χ1v) is 5.96. The van der Waals surface area contributed by atoms with Gasteiger partial charge < -0.3 is 4.84 Å². The molecule has 0 radical (unpaired) electrons. The van der Waals surface area contributed by atoms with Crippen LogP contribution in [0.1, 0.15) is 18.1 Å². The molecule has 0 saturated heterocycles. The van der Waals surface area contributed by atoms with E-state index >= 15 is 0 Å². The Hall–Kier alpha value is -1.87. The first-order chi connectivity index (χ1) is 8.75. The molecule has 0 atom stereocenters. The lowest BCUT2D eigenvalue weighted by molar-refractivity contribution is 0.130. The third-order valence-electron chi connectivity index (χ3n) is 2.41. The van der Waals surface area contributed by atoms with Crippen molar-refractivity contribution in [2.75, 3.05) is 0 Å². The summed E-state index contributed by atoms with van der Waals surface area (Å²) < 4.78 is 0. The zero-order chi connectivity index (χ0) is 12.8. The molecular weight excluding hydrogens is 248 g/mol. The maximum absolute atomic E-state index is 5.70. The van der Waals surface area contributed by atoms with Gasteiger partial charge in [0.1, 0.15) is 11.8 Å². The Labute approximate surface area is 111 Å². The maximum atomic E-state index is 5.70. The molecule has 0 unspecified atom stereocenters. The van der Waals surface area contributed by atoms with Crippen LogP contribution in [0.25, 0.3) is 0 Å². The van der Waals surface area contributed by atoms with Crippen molar-refractivity contribution >= 4 is 17.3 Å². The fraction of sp³-hybridized carbons (Fsp3) is 0.143. The summed E-state index contributed by atoms with van der Waals surface area (Å²) >= 11 is 5.70. The summed E-state index contributed by atoms with van der Waals surface area (Å²) in [6, 6.07) is 13.5. The van der Waals surface area contributed by atoms with Crippen molar-refractivity contribution in [3.05, 3.63) is 64.9 Å². The molecule has 4 heteroatoms. The van der Waals surface area contributed by atoms with E-state index < -0.39 is 0 Å². The van der Waals surface area contributed by atoms with Crippen LogP contribution < -0.4 is 0 Å². The van der Waals surface area contributed by atoms with Gasteiger partial charge in [-0.2, -0.15) is 0 Å². The monoisotopic (exact) mass is 260 g/mol. The number of aromatic nitrogens is 1. The number of hydrogen-bond donors (Lipinski definition) is 0. The average molecular weight is 261 g/mol. The van der Waals surface area contributed by atoms with Crippen LogP contribution in [0.4, 0.5) is 0 Å². The van der Waals surface area contributed by atoms with Crippen molar-refractivity contribution < 1.29 is 4.84 Å². The first-order valence-electron chi connectivity index (χ1n) is 5.58. The van der Waals surface area contributed by atoms with E-state index in [2.05, 4.69) is 10.1 Å². The predicted molar refractivity (Wildman–Crippen MR) is 72.7 cm³/mol. The Morgan fingerprint density at radius 2 is 2.00 bits per heavy atom. The number of rotatable bonds is 4. The Bertz CT molecular complexity index is 523. The van der Waals surface area contributed by atoms with Gasteiger partial charge in [0.25, 0.3) is 0 Å². The number of halogens is 1. The standard InChI is InChI=1S/C14H13ClN2O/c1-11(13-5-3-2-4-6-13)17-18-10-12-7-8-14(15)16-9-12/h2-9H,10H2,1H3. The van der Waals surface area contributed by atoms with Gasteiger partial charge >= 0.3 is 0 Å². The second-order valence-electron chi connectivity index (χ2n) is 3.81. The Balaban J connectivity index is 1.93. The largest absolute Gasteiger partial charge is 0.391 e. The summed E-state index contributed by atoms with van der Waals surface area (Å²) in [7, 11) is 0. The molecule has 0 amide bonds. The molecule has 92 valence electrons. The summed E-state index contributed by atoms with van der Waals surface area (Å²) in [4.78, 5) is 9.25. The van der Waals surface area contributed by atoms with Crippen LogP contribution in [0, 0.1) is 0 Å². The minimum absolute atomic E-state index is 0.383. The lowest BCUT2D eigenvalue weighted by atomic mass is 10.1. The summed E-state index contributed by atoms with van der Waals surface area (Å²) in [5, 5.41) is 4.54. The third kappa shape index (κ3) is 3.57. The molecule has 1 aromatic heterocycles. The van der Waals surface area contributed by atoms with E-state index in [0.29, 0.717) is 11.8 Å². The molecular formula is C14H13ClN2O. The molecule has 0 fully saturated rings. The number of hydrogen-bond acceptors (Lipinski definition) is 3. The molecule has 0 aliphatic carbocycles. The van der Waals surface area contributed by atoms with Crippen LogP contribution in [0.15, 0.2) is 53.8 Å². The number of benzene rings is 1. The smallest absolute Gasteiger partial charge is 0.143 e. The number of oxime groups is 1. The maximum Gasteiger partial charge on any atom is 0.143 e. The van der Waals surface area contributed by atoms with Crippen molar-refractivity contribution in [2.45, 2.75) is 13.5 Å². The summed E-state index contributed by atoms with van der Waals surface area (Å²) in [6.45, 7) is 2.30. The topological polar surface area (TPSA) is 34.5 Å². The van der Waals surface area contributed by atoms with E-state index in [-0.39, 0.29) is 0 Å². The Morgan fingerprint density at radius 3 is 2.67 bits per heavy atom. The van der Waals surface area contributed by atoms with Gasteiger partial charge in [-0.3, -0.25) is 0 Å². The van der Waals surface area contributed by atoms with Crippen LogP contribution in [0.3, 0.4) is 0 Å². The van der Waals surface area contributed by atoms with Crippen molar-refractivity contribution in [3.63, 3.8) is 0 Å². The lowest BCUT2D eigenvalue weighted by Gasteiger charge is -2.02. The summed E-state index contributed by atoms with van der Waals surface area (Å²) in [5.41, 5.74) is 2.83. The van der Waals surface area contributed by atoms with Gasteiger partial charge in [0.05, 0.1) is 5.71 Å². The van der Waals surface area contributed by atoms with Crippen LogP contribution in [-0.2, 0) is 11.4 Å². The van der Waals surface area contributed by atoms with Crippen LogP contribution in [0.2, 0.25) is 5.15 Å². The van der Waals surface area contributed by atoms with E-state index in [1.807, 2.05) is 43.3 Å². The fourth-order valence-corrected chi connectivity index (χ4v) is 1.54. The van der Waals surface area contributed by atoms with Gasteiger partial charge in [0.15, 0.2) is 0 Å². The van der Waals surface area contributed by atoms with Crippen molar-refractivity contribution in [3.8, 4) is 0 Å². The highest BCUT2D eigenvalue weighted by Gasteiger charge is 1.97. The van der Waals surface area contributed by atoms with E-state index in [0.717, 1.165) is 16.8 Å². The molecule has 0 aliphatic heterocycles. The van der Waals surface area contributed by atoms with Gasteiger partial charge in [-0.05, 0) is 18.6 Å². The van der Waals surface area contributed by atoms with Gasteiger partial charge in [0.2, 0.25) is 0 Å². The minimum atomic E-state index is 0.383. The molecule has 1 heterocycles. The summed E-state index contributed by atoms with van der Waals surface area (Å²) in [6.07, 6.45) is 1.68. The third-order valence-corrected chi connectivity index (χ3v) is 2.64. The zero-order valence-electron chi connectivity index (χ0n) is 10.0. The van der Waals surface area contributed by atoms with Gasteiger partial charge in [0, 0.05) is 11.8 Å². The first kappa shape index (κ1) is 12.6. The normalized spacial score (nSPS) is 11.3. The number of nitrogens with zero attached hydrogens (tertiary/aromatic N) is 2. The molecule has 18 heavy (non-hydrogen) atoms. The highest BCUT2D eigenvalue weighted by atomic mass is 35.5. The molecule has 0 bridgehead atoms. The molecule has 0 N–H and O–H groups in total. The second kappa shape index (κ2) is 6.17. The second-order valence-corrected chi connectivity index (χ2v) is 4.19. The molecule has 1 aromatic carbocycles. The molecule has 0 aliphatic rings. The van der Waals surface area contributed by atoms with Crippen LogP contribution in [0.5, 0.6) is 0 Å². The van der Waals surface area contributed by atoms with Crippen LogP contribution in [-0.4, -0.2) is 10.7 Å². The van der Waals surface area contributed by atoms with Crippen molar-refractivity contribution in [1.29, 1.82) is 0 Å². The molecule has 2 rings (SSSR count). The Morgan fingerprint density at radius 1 is 1.22 bits per heavy atom. The highest BCUT2D eigenvalue weighted by Crippen LogP contribution is 2.07. The van der Waals surface area contributed by atoms with Gasteiger partial charge in [-0.1, -0.05) is 53.2 Å². The molecule has 2 aromatic rings. The molecule has 0 saturated carbocycles. The Kier molecular flexibility index (Phi) is 4.31. The van der Waals surface area contributed by atoms with Gasteiger partial charge in [-0.25, -0.2) is 4.98 Å². The highest BCUT2D eigenvalue weighted by molar-refractivity contribution is 6.29. The van der Waals surface area contributed by atoms with Crippen LogP contribution >= 0.6 is 11.6 Å². The molecule has 0 spiro atoms. The SMILES string of the molecule is CC(=NOCc1ccc(Cl)nc1)c1ccccc1. The average Bonchev–Trinajstić information content (AvgIpc) is 2.42. The van der Waals surface area contributed by atoms with E-state index in [4.69, 9.17) is 16.4 Å². The summed E-state index contributed by atoms with van der Waals surface area (Å²) in [5.74, 6) is 0. The van der Waals surface area contributed by atoms with E-state index in [1.54, 1.807) is 12.3 Å². The zero-order valence-corrected chi connectivity index (χ0v) is 10.8. The van der Waals surface area contributed by atoms with E-state index in [9.17, 15) is 0 Å². The van der Waals surface area contributed by atoms with Crippen molar-refractivity contribution in [2.24, 2.45) is 5.16 Å². The fourth-order valence-electron chi connectivity index (χ4n) is 1.43. The predicted octanol–water partition coefficient (Wildman–Crippen LogP) is 3.68. The molecule has 3 nitrogen and oxygen atoms in total. The van der Waals surface area contributed by atoms with Crippen molar-refractivity contribution in [1.82, 2.24) is 4.98 Å². The number of pyridine rings is 1. The lowest BCUT2D eigenvalue weighted by Crippen LogP contribution is -1.96. The quantitative estimate of drug-likeness (QED) is 0.477. The van der Waals surface area contributed by atoms with Gasteiger partial charge in [-0.15, -0.1) is 0 Å². The van der Waals surface area contributed by atoms with E-state index in [1.165, 1.54) is 0 Å². The minimum Gasteiger partial charge on any atom is -0.391 e.